The number of amides is 2. The number of nitrogens with zero attached hydrogens (tertiary/aromatic N) is 3. The van der Waals surface area contributed by atoms with Gasteiger partial charge in [0.1, 0.15) is 17.4 Å². The van der Waals surface area contributed by atoms with Gasteiger partial charge < -0.3 is 25.8 Å². The molecule has 2 aromatic rings. The minimum absolute atomic E-state index is 0.0793. The molecule has 0 bridgehead atoms. The van der Waals surface area contributed by atoms with Crippen molar-refractivity contribution in [2.75, 3.05) is 24.3 Å². The fourth-order valence-electron chi connectivity index (χ4n) is 3.82. The summed E-state index contributed by atoms with van der Waals surface area (Å²) < 4.78 is 10.7. The average Bonchev–Trinajstić information content (AvgIpc) is 3.30. The number of methoxy groups -OCH3 is 1. The van der Waals surface area contributed by atoms with Gasteiger partial charge >= 0.3 is 6.09 Å². The van der Waals surface area contributed by atoms with E-state index in [4.69, 9.17) is 44.1 Å². The second-order valence-corrected chi connectivity index (χ2v) is 10.2. The van der Waals surface area contributed by atoms with Gasteiger partial charge in [-0.2, -0.15) is 4.99 Å². The number of hydrogen-bond acceptors (Lipinski definition) is 6. The Bertz CT molecular complexity index is 1130. The van der Waals surface area contributed by atoms with E-state index in [0.29, 0.717) is 18.5 Å². The summed E-state index contributed by atoms with van der Waals surface area (Å²) in [7, 11) is 1.59. The van der Waals surface area contributed by atoms with Crippen molar-refractivity contribution in [1.29, 1.82) is 0 Å². The van der Waals surface area contributed by atoms with Gasteiger partial charge in [-0.25, -0.2) is 9.69 Å². The number of carbonyl (C=O) groups is 2. The van der Waals surface area contributed by atoms with Crippen LogP contribution in [0.4, 0.5) is 16.2 Å². The molecule has 194 valence electrons. The van der Waals surface area contributed by atoms with Crippen molar-refractivity contribution in [3.63, 3.8) is 0 Å². The van der Waals surface area contributed by atoms with Crippen molar-refractivity contribution in [2.24, 2.45) is 10.7 Å². The van der Waals surface area contributed by atoms with E-state index >= 15 is 0 Å². The van der Waals surface area contributed by atoms with E-state index in [1.54, 1.807) is 40.0 Å². The Morgan fingerprint density at radius 3 is 2.33 bits per heavy atom. The molecule has 0 aliphatic carbocycles. The normalized spacial score (nSPS) is 16.1. The second-order valence-electron chi connectivity index (χ2n) is 9.40. The molecule has 36 heavy (non-hydrogen) atoms. The molecule has 1 fully saturated rings. The van der Waals surface area contributed by atoms with Crippen LogP contribution in [0.5, 0.6) is 5.75 Å². The Hall–Kier alpha value is -3.17. The molecule has 1 aliphatic rings. The van der Waals surface area contributed by atoms with Gasteiger partial charge in [-0.05, 0) is 75.6 Å². The average molecular weight is 536 g/mol. The maximum atomic E-state index is 13.2. The summed E-state index contributed by atoms with van der Waals surface area (Å²) in [6, 6.07) is 10.1. The maximum Gasteiger partial charge on any atom is 0.417 e. The van der Waals surface area contributed by atoms with Gasteiger partial charge in [-0.15, -0.1) is 0 Å². The molecule has 4 N–H and O–H groups in total. The number of rotatable bonds is 5. The van der Waals surface area contributed by atoms with Crippen molar-refractivity contribution in [3.8, 4) is 5.75 Å². The summed E-state index contributed by atoms with van der Waals surface area (Å²) in [6.45, 7) is 5.79. The number of nitrogen functional groups attached to an aromatic ring is 1. The number of benzene rings is 2. The smallest absolute Gasteiger partial charge is 0.417 e. The molecule has 0 saturated carbocycles. The molecule has 11 heteroatoms. The first-order chi connectivity index (χ1) is 16.9. The van der Waals surface area contributed by atoms with Crippen LogP contribution in [0.25, 0.3) is 0 Å². The van der Waals surface area contributed by atoms with Gasteiger partial charge in [0.25, 0.3) is 5.91 Å². The third kappa shape index (κ3) is 6.73. The lowest BCUT2D eigenvalue weighted by atomic mass is 10.2. The van der Waals surface area contributed by atoms with E-state index in [9.17, 15) is 9.59 Å². The molecule has 2 amide bonds. The van der Waals surface area contributed by atoms with Crippen LogP contribution in [0.1, 0.15) is 39.2 Å². The van der Waals surface area contributed by atoms with Crippen LogP contribution >= 0.6 is 23.2 Å². The lowest BCUT2D eigenvalue weighted by molar-refractivity contribution is -0.118. The molecule has 1 saturated heterocycles. The van der Waals surface area contributed by atoms with Crippen LogP contribution in [-0.2, 0) is 16.1 Å². The number of aliphatic imine (C=N–C) groups is 1. The number of anilines is 2. The van der Waals surface area contributed by atoms with E-state index in [1.165, 1.54) is 0 Å². The first-order valence-electron chi connectivity index (χ1n) is 11.4. The highest BCUT2D eigenvalue weighted by atomic mass is 35.5. The molecule has 2 aromatic carbocycles. The van der Waals surface area contributed by atoms with Gasteiger partial charge in [0, 0.05) is 12.2 Å². The standard InChI is InChI=1S/C25H31Cl2N5O4/c1-25(2,3)36-24(34)32(14-15-12-18(26)21(28)19(27)13-15)23(29)30-22(33)20-6-5-11-31(20)16-7-9-17(35-4)10-8-16/h7-10,12-13,20H,5-6,11,14,28H2,1-4H3,(H2,29,30,33)/t20-/m0/s1. The second kappa shape index (κ2) is 11.3. The van der Waals surface area contributed by atoms with E-state index < -0.39 is 23.6 Å². The number of nitrogens with two attached hydrogens (primary N) is 2. The summed E-state index contributed by atoms with van der Waals surface area (Å²) in [6.07, 6.45) is 0.659. The molecule has 0 unspecified atom stereocenters. The Kier molecular flexibility index (Phi) is 8.58. The quantitative estimate of drug-likeness (QED) is 0.319. The Morgan fingerprint density at radius 2 is 1.78 bits per heavy atom. The Labute approximate surface area is 220 Å². The molecule has 0 aromatic heterocycles. The molecular formula is C25H31Cl2N5O4. The summed E-state index contributed by atoms with van der Waals surface area (Å²) in [5.74, 6) is -0.0263. The molecule has 1 atom stereocenters. The number of hydrogen-bond donors (Lipinski definition) is 2. The summed E-state index contributed by atoms with van der Waals surface area (Å²) in [4.78, 5) is 33.4. The Morgan fingerprint density at radius 1 is 1.17 bits per heavy atom. The van der Waals surface area contributed by atoms with Crippen LogP contribution < -0.4 is 21.1 Å². The zero-order valence-electron chi connectivity index (χ0n) is 20.8. The third-order valence-corrected chi connectivity index (χ3v) is 6.16. The van der Waals surface area contributed by atoms with Crippen molar-refractivity contribution >= 4 is 52.5 Å². The van der Waals surface area contributed by atoms with Crippen molar-refractivity contribution < 1.29 is 19.1 Å². The molecule has 0 radical (unpaired) electrons. The molecule has 3 rings (SSSR count). The lowest BCUT2D eigenvalue weighted by Gasteiger charge is -2.28. The highest BCUT2D eigenvalue weighted by Gasteiger charge is 2.32. The van der Waals surface area contributed by atoms with Crippen molar-refractivity contribution in [2.45, 2.75) is 51.8 Å². The fourth-order valence-corrected chi connectivity index (χ4v) is 4.35. The van der Waals surface area contributed by atoms with Crippen molar-refractivity contribution in [3.05, 3.63) is 52.0 Å². The minimum atomic E-state index is -0.799. The van der Waals surface area contributed by atoms with E-state index in [0.717, 1.165) is 22.8 Å². The fraction of sp³-hybridized carbons (Fsp3) is 0.400. The van der Waals surface area contributed by atoms with Crippen molar-refractivity contribution in [1.82, 2.24) is 4.90 Å². The van der Waals surface area contributed by atoms with E-state index in [1.807, 2.05) is 29.2 Å². The zero-order chi connectivity index (χ0) is 26.6. The van der Waals surface area contributed by atoms with Crippen LogP contribution in [0, 0.1) is 0 Å². The minimum Gasteiger partial charge on any atom is -0.497 e. The van der Waals surface area contributed by atoms with Gasteiger partial charge in [0.2, 0.25) is 5.96 Å². The zero-order valence-corrected chi connectivity index (χ0v) is 22.3. The summed E-state index contributed by atoms with van der Waals surface area (Å²) >= 11 is 12.3. The summed E-state index contributed by atoms with van der Waals surface area (Å²) in [5, 5.41) is 0.462. The predicted molar refractivity (Wildman–Crippen MR) is 143 cm³/mol. The first kappa shape index (κ1) is 27.4. The lowest BCUT2D eigenvalue weighted by Crippen LogP contribution is -2.45. The molecule has 0 spiro atoms. The molecular weight excluding hydrogens is 505 g/mol. The molecule has 9 nitrogen and oxygen atoms in total. The largest absolute Gasteiger partial charge is 0.497 e. The van der Waals surface area contributed by atoms with Gasteiger partial charge in [0.15, 0.2) is 0 Å². The molecule has 1 aliphatic heterocycles. The summed E-state index contributed by atoms with van der Waals surface area (Å²) in [5.41, 5.74) is 12.9. The number of ether oxygens (including phenoxy) is 2. The van der Waals surface area contributed by atoms with Crippen LogP contribution in [0.2, 0.25) is 10.0 Å². The Balaban J connectivity index is 1.87. The number of halogens is 2. The maximum absolute atomic E-state index is 13.2. The van der Waals surface area contributed by atoms with Crippen LogP contribution in [0.3, 0.4) is 0 Å². The van der Waals surface area contributed by atoms with Gasteiger partial charge in [-0.1, -0.05) is 23.2 Å². The first-order valence-corrected chi connectivity index (χ1v) is 12.2. The van der Waals surface area contributed by atoms with Crippen LogP contribution in [0.15, 0.2) is 41.4 Å². The van der Waals surface area contributed by atoms with Crippen LogP contribution in [-0.4, -0.2) is 48.2 Å². The number of guanidine groups is 1. The monoisotopic (exact) mass is 535 g/mol. The SMILES string of the molecule is COc1ccc(N2CCC[C@H]2C(=O)N=C(N)N(Cc2cc(Cl)c(N)c(Cl)c2)C(=O)OC(C)(C)C)cc1. The highest BCUT2D eigenvalue weighted by Crippen LogP contribution is 2.30. The predicted octanol–water partition coefficient (Wildman–Crippen LogP) is 4.83. The third-order valence-electron chi connectivity index (χ3n) is 5.54. The van der Waals surface area contributed by atoms with Gasteiger partial charge in [0.05, 0.1) is 29.4 Å². The van der Waals surface area contributed by atoms with E-state index in [-0.39, 0.29) is 28.2 Å². The highest BCUT2D eigenvalue weighted by molar-refractivity contribution is 6.38. The van der Waals surface area contributed by atoms with Gasteiger partial charge in [-0.3, -0.25) is 4.79 Å². The molecule has 1 heterocycles. The van der Waals surface area contributed by atoms with E-state index in [2.05, 4.69) is 4.99 Å². The topological polar surface area (TPSA) is 123 Å². The number of carbonyl (C=O) groups excluding carboxylic acids is 2.